The zero-order chi connectivity index (χ0) is 14.0. The van der Waals surface area contributed by atoms with Crippen LogP contribution in [0.2, 0.25) is 5.02 Å². The van der Waals surface area contributed by atoms with Crippen molar-refractivity contribution in [3.8, 4) is 5.75 Å². The smallest absolute Gasteiger partial charge is 0.122 e. The van der Waals surface area contributed by atoms with E-state index in [2.05, 4.69) is 10.3 Å². The van der Waals surface area contributed by atoms with Gasteiger partial charge in [0.05, 0.1) is 12.8 Å². The summed E-state index contributed by atoms with van der Waals surface area (Å²) in [5.74, 6) is 0.892. The first kappa shape index (κ1) is 13.9. The molecular weight excluding hydrogens is 262 g/mol. The lowest BCUT2D eigenvalue weighted by Gasteiger charge is -2.14. The number of benzene rings is 1. The zero-order valence-corrected chi connectivity index (χ0v) is 12.5. The molecule has 0 saturated carbocycles. The summed E-state index contributed by atoms with van der Waals surface area (Å²) in [6, 6.07) is 1.99. The van der Waals surface area contributed by atoms with Gasteiger partial charge in [-0.05, 0) is 49.4 Å². The van der Waals surface area contributed by atoms with Gasteiger partial charge in [-0.3, -0.25) is 4.68 Å². The second-order valence-corrected chi connectivity index (χ2v) is 5.07. The number of ether oxygens (including phenoxy) is 1. The second-order valence-electron chi connectivity index (χ2n) is 4.70. The maximum Gasteiger partial charge on any atom is 0.122 e. The number of hydrogen-bond donors (Lipinski definition) is 0. The average molecular weight is 280 g/mol. The summed E-state index contributed by atoms with van der Waals surface area (Å²) in [5, 5.41) is 8.84. The molecule has 19 heavy (non-hydrogen) atoms. The van der Waals surface area contributed by atoms with Crippen molar-refractivity contribution in [1.29, 1.82) is 0 Å². The third kappa shape index (κ3) is 2.89. The summed E-state index contributed by atoms with van der Waals surface area (Å²) in [4.78, 5) is 0. The first-order chi connectivity index (χ1) is 9.02. The lowest BCUT2D eigenvalue weighted by Crippen LogP contribution is -2.00. The molecular formula is C14H18ClN3O. The summed E-state index contributed by atoms with van der Waals surface area (Å²) >= 11 is 6.31. The number of hydrogen-bond acceptors (Lipinski definition) is 3. The summed E-state index contributed by atoms with van der Waals surface area (Å²) in [6.45, 7) is 4.02. The number of methoxy groups -OCH3 is 1. The van der Waals surface area contributed by atoms with Crippen molar-refractivity contribution in [2.75, 3.05) is 7.11 Å². The van der Waals surface area contributed by atoms with Crippen LogP contribution in [0.1, 0.15) is 22.4 Å². The van der Waals surface area contributed by atoms with Crippen molar-refractivity contribution in [2.24, 2.45) is 7.05 Å². The average Bonchev–Trinajstić information content (AvgIpc) is 2.80. The van der Waals surface area contributed by atoms with Gasteiger partial charge in [0.15, 0.2) is 0 Å². The first-order valence-corrected chi connectivity index (χ1v) is 6.58. The minimum absolute atomic E-state index is 0.815. The van der Waals surface area contributed by atoms with Gasteiger partial charge in [0.25, 0.3) is 0 Å². The highest BCUT2D eigenvalue weighted by molar-refractivity contribution is 6.32. The van der Waals surface area contributed by atoms with E-state index in [1.807, 2.05) is 33.2 Å². The van der Waals surface area contributed by atoms with Crippen LogP contribution >= 0.6 is 11.6 Å². The van der Waals surface area contributed by atoms with Crippen molar-refractivity contribution in [3.05, 3.63) is 39.7 Å². The maximum atomic E-state index is 6.31. The molecule has 0 aliphatic heterocycles. The minimum atomic E-state index is 0.815. The summed E-state index contributed by atoms with van der Waals surface area (Å²) in [5.41, 5.74) is 4.24. The van der Waals surface area contributed by atoms with Gasteiger partial charge in [0.1, 0.15) is 5.75 Å². The molecule has 102 valence electrons. The molecule has 0 atom stereocenters. The molecule has 1 aromatic heterocycles. The minimum Gasteiger partial charge on any atom is -0.496 e. The van der Waals surface area contributed by atoms with Crippen molar-refractivity contribution < 1.29 is 4.74 Å². The van der Waals surface area contributed by atoms with Gasteiger partial charge >= 0.3 is 0 Å². The van der Waals surface area contributed by atoms with E-state index in [0.717, 1.165) is 46.0 Å². The van der Waals surface area contributed by atoms with Crippen LogP contribution in [0.25, 0.3) is 0 Å². The van der Waals surface area contributed by atoms with E-state index in [4.69, 9.17) is 16.3 Å². The Morgan fingerprint density at radius 2 is 2.05 bits per heavy atom. The molecule has 1 aromatic carbocycles. The van der Waals surface area contributed by atoms with Gasteiger partial charge in [0, 0.05) is 18.3 Å². The fourth-order valence-corrected chi connectivity index (χ4v) is 2.38. The van der Waals surface area contributed by atoms with E-state index >= 15 is 0 Å². The second kappa shape index (κ2) is 5.61. The molecule has 0 saturated heterocycles. The fraction of sp³-hybridized carbons (Fsp3) is 0.429. The number of halogens is 1. The normalized spacial score (nSPS) is 10.8. The third-order valence-electron chi connectivity index (χ3n) is 3.27. The van der Waals surface area contributed by atoms with Gasteiger partial charge in [-0.2, -0.15) is 0 Å². The number of rotatable bonds is 4. The van der Waals surface area contributed by atoms with E-state index < -0.39 is 0 Å². The molecule has 4 nitrogen and oxygen atoms in total. The quantitative estimate of drug-likeness (QED) is 0.864. The molecule has 0 radical (unpaired) electrons. The molecule has 2 aromatic rings. The van der Waals surface area contributed by atoms with Gasteiger partial charge < -0.3 is 4.74 Å². The van der Waals surface area contributed by atoms with E-state index in [1.165, 1.54) is 0 Å². The molecule has 0 spiro atoms. The number of aromatic nitrogens is 3. The molecule has 0 aliphatic rings. The van der Waals surface area contributed by atoms with E-state index in [0.29, 0.717) is 0 Å². The predicted octanol–water partition coefficient (Wildman–Crippen LogP) is 2.88. The van der Waals surface area contributed by atoms with Gasteiger partial charge in [-0.25, -0.2) is 0 Å². The SMILES string of the molecule is COc1cc(C)c(Cl)c(C)c1CCc1cn(C)nn1. The Morgan fingerprint density at radius 1 is 1.32 bits per heavy atom. The van der Waals surface area contributed by atoms with Gasteiger partial charge in [-0.15, -0.1) is 5.10 Å². The lowest BCUT2D eigenvalue weighted by atomic mass is 9.99. The molecule has 0 fully saturated rings. The van der Waals surface area contributed by atoms with Crippen LogP contribution in [0.15, 0.2) is 12.3 Å². The molecule has 2 rings (SSSR count). The Bertz CT molecular complexity index is 593. The van der Waals surface area contributed by atoms with Crippen LogP contribution in [0.5, 0.6) is 5.75 Å². The van der Waals surface area contributed by atoms with Crippen LogP contribution in [0, 0.1) is 13.8 Å². The van der Waals surface area contributed by atoms with E-state index in [-0.39, 0.29) is 0 Å². The first-order valence-electron chi connectivity index (χ1n) is 6.20. The largest absolute Gasteiger partial charge is 0.496 e. The molecule has 0 aliphatic carbocycles. The molecule has 1 heterocycles. The standard InChI is InChI=1S/C14H18ClN3O/c1-9-7-13(19-4)12(10(2)14(9)15)6-5-11-8-18(3)17-16-11/h7-8H,5-6H2,1-4H3. The van der Waals surface area contributed by atoms with Crippen LogP contribution < -0.4 is 4.74 Å². The highest BCUT2D eigenvalue weighted by atomic mass is 35.5. The Labute approximate surface area is 118 Å². The van der Waals surface area contributed by atoms with E-state index in [1.54, 1.807) is 11.8 Å². The van der Waals surface area contributed by atoms with E-state index in [9.17, 15) is 0 Å². The van der Waals surface area contributed by atoms with Crippen molar-refractivity contribution in [1.82, 2.24) is 15.0 Å². The Hall–Kier alpha value is -1.55. The Kier molecular flexibility index (Phi) is 4.10. The van der Waals surface area contributed by atoms with Crippen molar-refractivity contribution >= 4 is 11.6 Å². The zero-order valence-electron chi connectivity index (χ0n) is 11.7. The lowest BCUT2D eigenvalue weighted by molar-refractivity contribution is 0.408. The maximum absolute atomic E-state index is 6.31. The molecule has 0 unspecified atom stereocenters. The summed E-state index contributed by atoms with van der Waals surface area (Å²) in [7, 11) is 3.55. The monoisotopic (exact) mass is 279 g/mol. The summed E-state index contributed by atoms with van der Waals surface area (Å²) < 4.78 is 7.17. The Balaban J connectivity index is 2.26. The topological polar surface area (TPSA) is 39.9 Å². The van der Waals surface area contributed by atoms with Crippen LogP contribution in [0.4, 0.5) is 0 Å². The van der Waals surface area contributed by atoms with Crippen molar-refractivity contribution in [3.63, 3.8) is 0 Å². The fourth-order valence-electron chi connectivity index (χ4n) is 2.22. The summed E-state index contributed by atoms with van der Waals surface area (Å²) in [6.07, 6.45) is 3.59. The molecule has 0 amide bonds. The molecule has 5 heteroatoms. The highest BCUT2D eigenvalue weighted by Crippen LogP contribution is 2.32. The molecule has 0 bridgehead atoms. The molecule has 0 N–H and O–H groups in total. The van der Waals surface area contributed by atoms with Crippen LogP contribution in [-0.4, -0.2) is 22.1 Å². The number of aryl methyl sites for hydroxylation is 3. The number of nitrogens with zero attached hydrogens (tertiary/aromatic N) is 3. The predicted molar refractivity (Wildman–Crippen MR) is 75.9 cm³/mol. The third-order valence-corrected chi connectivity index (χ3v) is 3.86. The van der Waals surface area contributed by atoms with Crippen molar-refractivity contribution in [2.45, 2.75) is 26.7 Å². The van der Waals surface area contributed by atoms with Crippen LogP contribution in [-0.2, 0) is 19.9 Å². The van der Waals surface area contributed by atoms with Crippen LogP contribution in [0.3, 0.4) is 0 Å². The van der Waals surface area contributed by atoms with Gasteiger partial charge in [-0.1, -0.05) is 16.8 Å². The Morgan fingerprint density at radius 3 is 2.63 bits per heavy atom. The van der Waals surface area contributed by atoms with Gasteiger partial charge in [0.2, 0.25) is 0 Å². The highest BCUT2D eigenvalue weighted by Gasteiger charge is 2.13.